The highest BCUT2D eigenvalue weighted by Crippen LogP contribution is 2.62. The van der Waals surface area contributed by atoms with E-state index in [1.54, 1.807) is 0 Å². The number of hydrogen-bond donors (Lipinski definition) is 0. The molecule has 1 aliphatic heterocycles. The Hall–Kier alpha value is -7.66. The van der Waals surface area contributed by atoms with E-state index in [0.29, 0.717) is 5.82 Å². The third kappa shape index (κ3) is 6.09. The first-order valence-electron chi connectivity index (χ1n) is 21.4. The molecule has 0 bridgehead atoms. The fourth-order valence-electron chi connectivity index (χ4n) is 9.84. The van der Waals surface area contributed by atoms with Gasteiger partial charge in [0.05, 0.1) is 28.2 Å². The van der Waals surface area contributed by atoms with E-state index in [0.717, 1.165) is 50.6 Å². The number of aromatic nitrogens is 3. The topological polar surface area (TPSA) is 38.7 Å². The highest BCUT2D eigenvalue weighted by atomic mass is 32.2. The van der Waals surface area contributed by atoms with Crippen LogP contribution in [0.2, 0.25) is 0 Å². The Bertz CT molecular complexity index is 3250. The smallest absolute Gasteiger partial charge is 0.160 e. The Morgan fingerprint density at radius 2 is 0.857 bits per heavy atom. The molecule has 2 aromatic heterocycles. The number of hydrogen-bond acceptors (Lipinski definition) is 4. The van der Waals surface area contributed by atoms with Crippen molar-refractivity contribution in [2.24, 2.45) is 0 Å². The van der Waals surface area contributed by atoms with E-state index < -0.39 is 5.41 Å². The molecule has 0 N–H and O–H groups in total. The van der Waals surface area contributed by atoms with Gasteiger partial charge in [0.2, 0.25) is 0 Å². The molecule has 1 spiro atoms. The molecule has 1 atom stereocenters. The number of rotatable bonds is 6. The Balaban J connectivity index is 1.07. The lowest BCUT2D eigenvalue weighted by molar-refractivity contribution is 0.723. The number of pyridine rings is 1. The third-order valence-corrected chi connectivity index (χ3v) is 13.9. The van der Waals surface area contributed by atoms with E-state index in [1.165, 1.54) is 59.9 Å². The lowest BCUT2D eigenvalue weighted by Gasteiger charge is -2.40. The van der Waals surface area contributed by atoms with Gasteiger partial charge in [-0.15, -0.1) is 0 Å². The summed E-state index contributed by atoms with van der Waals surface area (Å²) in [5.74, 6) is 0.707. The number of fused-ring (bicyclic) bond motifs is 9. The molecule has 12 rings (SSSR count). The van der Waals surface area contributed by atoms with Crippen LogP contribution in [0.3, 0.4) is 0 Å². The summed E-state index contributed by atoms with van der Waals surface area (Å²) in [4.78, 5) is 18.3. The van der Waals surface area contributed by atoms with Gasteiger partial charge in [-0.2, -0.15) is 0 Å². The molecule has 0 saturated carbocycles. The quantitative estimate of drug-likeness (QED) is 0.167. The minimum absolute atomic E-state index is 0.569. The summed E-state index contributed by atoms with van der Waals surface area (Å²) in [5, 5.41) is 0. The molecule has 8 aromatic carbocycles. The highest BCUT2D eigenvalue weighted by molar-refractivity contribution is 7.99. The van der Waals surface area contributed by atoms with Crippen LogP contribution in [0.15, 0.2) is 228 Å². The van der Waals surface area contributed by atoms with Gasteiger partial charge in [0.25, 0.3) is 0 Å². The minimum atomic E-state index is -0.569. The summed E-state index contributed by atoms with van der Waals surface area (Å²) in [5.41, 5.74) is 19.6. The van der Waals surface area contributed by atoms with E-state index in [-0.39, 0.29) is 0 Å². The Morgan fingerprint density at radius 1 is 0.333 bits per heavy atom. The lowest BCUT2D eigenvalue weighted by Crippen LogP contribution is -2.32. The van der Waals surface area contributed by atoms with Gasteiger partial charge in [-0.25, -0.2) is 15.0 Å². The van der Waals surface area contributed by atoms with Crippen molar-refractivity contribution in [1.29, 1.82) is 0 Å². The zero-order chi connectivity index (χ0) is 41.9. The molecule has 1 aliphatic carbocycles. The summed E-state index contributed by atoms with van der Waals surface area (Å²) < 4.78 is 0. The number of benzene rings is 8. The van der Waals surface area contributed by atoms with Crippen molar-refractivity contribution in [1.82, 2.24) is 15.0 Å². The lowest BCUT2D eigenvalue weighted by atomic mass is 9.67. The van der Waals surface area contributed by atoms with Crippen LogP contribution in [-0.4, -0.2) is 15.0 Å². The zero-order valence-electron chi connectivity index (χ0n) is 34.5. The van der Waals surface area contributed by atoms with Crippen LogP contribution in [0, 0.1) is 6.92 Å². The van der Waals surface area contributed by atoms with Crippen LogP contribution in [0.4, 0.5) is 0 Å². The summed E-state index contributed by atoms with van der Waals surface area (Å²) in [6.45, 7) is 2.19. The van der Waals surface area contributed by atoms with Gasteiger partial charge >= 0.3 is 0 Å². The molecule has 2 aliphatic rings. The van der Waals surface area contributed by atoms with Gasteiger partial charge in [-0.3, -0.25) is 0 Å². The van der Waals surface area contributed by atoms with Crippen LogP contribution < -0.4 is 0 Å². The van der Waals surface area contributed by atoms with Gasteiger partial charge in [0.15, 0.2) is 5.82 Å². The first kappa shape index (κ1) is 37.1. The van der Waals surface area contributed by atoms with Crippen LogP contribution >= 0.6 is 11.8 Å². The molecule has 1 unspecified atom stereocenters. The van der Waals surface area contributed by atoms with E-state index in [4.69, 9.17) is 15.0 Å². The molecule has 296 valence electrons. The minimum Gasteiger partial charge on any atom is -0.247 e. The van der Waals surface area contributed by atoms with Crippen LogP contribution in [0.1, 0.15) is 27.8 Å². The van der Waals surface area contributed by atoms with E-state index in [1.807, 2.05) is 36.0 Å². The molecule has 3 nitrogen and oxygen atoms in total. The van der Waals surface area contributed by atoms with Crippen molar-refractivity contribution < 1.29 is 0 Å². The zero-order valence-corrected chi connectivity index (χ0v) is 35.4. The van der Waals surface area contributed by atoms with Gasteiger partial charge in [0, 0.05) is 37.6 Å². The predicted molar refractivity (Wildman–Crippen MR) is 259 cm³/mol. The summed E-state index contributed by atoms with van der Waals surface area (Å²) in [6.07, 6.45) is 0. The maximum atomic E-state index is 5.43. The van der Waals surface area contributed by atoms with Crippen molar-refractivity contribution in [3.05, 3.63) is 246 Å². The molecule has 4 heteroatoms. The first-order chi connectivity index (χ1) is 31.1. The summed E-state index contributed by atoms with van der Waals surface area (Å²) >= 11 is 1.86. The van der Waals surface area contributed by atoms with Crippen molar-refractivity contribution in [2.75, 3.05) is 0 Å². The maximum absolute atomic E-state index is 5.43. The molecular weight excluding hydrogens is 783 g/mol. The summed E-state index contributed by atoms with van der Waals surface area (Å²) in [7, 11) is 0. The maximum Gasteiger partial charge on any atom is 0.160 e. The van der Waals surface area contributed by atoms with Crippen molar-refractivity contribution in [3.63, 3.8) is 0 Å². The van der Waals surface area contributed by atoms with Crippen LogP contribution in [0.25, 0.3) is 78.7 Å². The fourth-order valence-corrected chi connectivity index (χ4v) is 11.1. The van der Waals surface area contributed by atoms with E-state index in [2.05, 4.69) is 201 Å². The third-order valence-electron chi connectivity index (χ3n) is 12.8. The van der Waals surface area contributed by atoms with Crippen molar-refractivity contribution >= 4 is 11.8 Å². The molecule has 0 radical (unpaired) electrons. The van der Waals surface area contributed by atoms with E-state index >= 15 is 0 Å². The number of nitrogens with zero attached hydrogens (tertiary/aromatic N) is 3. The van der Waals surface area contributed by atoms with E-state index in [9.17, 15) is 0 Å². The molecule has 0 amide bonds. The second-order valence-corrected chi connectivity index (χ2v) is 17.4. The standard InChI is InChI=1S/C59H39N3S/c1-38-47(39-18-6-2-7-19-39)36-52(60-57(38)41-22-10-4-11-23-41)44-31-33-50-56(35-44)63-55-29-17-16-28-49(55)59(50)48-27-15-14-26-45(48)46-32-30-43(34-51(46)59)54-37-53(40-20-8-3-9-21-40)61-58(62-54)42-24-12-5-13-25-42/h2-37H,1H3. The fraction of sp³-hybridized carbons (Fsp3) is 0.0339. The Labute approximate surface area is 371 Å². The van der Waals surface area contributed by atoms with Crippen molar-refractivity contribution in [2.45, 2.75) is 22.1 Å². The van der Waals surface area contributed by atoms with Gasteiger partial charge in [-0.05, 0) is 87.3 Å². The molecule has 0 saturated heterocycles. The monoisotopic (exact) mass is 821 g/mol. The Kier molecular flexibility index (Phi) is 8.87. The second kappa shape index (κ2) is 15.1. The highest BCUT2D eigenvalue weighted by Gasteiger charge is 2.50. The van der Waals surface area contributed by atoms with Crippen LogP contribution in [0.5, 0.6) is 0 Å². The Morgan fingerprint density at radius 3 is 1.59 bits per heavy atom. The first-order valence-corrected chi connectivity index (χ1v) is 22.2. The second-order valence-electron chi connectivity index (χ2n) is 16.3. The molecular formula is C59H39N3S. The molecule has 10 aromatic rings. The van der Waals surface area contributed by atoms with Crippen LogP contribution in [-0.2, 0) is 5.41 Å². The molecule has 0 fully saturated rings. The average molecular weight is 822 g/mol. The summed E-state index contributed by atoms with van der Waals surface area (Å²) in [6, 6.07) is 78.4. The molecule has 63 heavy (non-hydrogen) atoms. The molecule has 3 heterocycles. The van der Waals surface area contributed by atoms with Gasteiger partial charge in [-0.1, -0.05) is 200 Å². The predicted octanol–water partition coefficient (Wildman–Crippen LogP) is 15.0. The van der Waals surface area contributed by atoms with Crippen molar-refractivity contribution in [3.8, 4) is 78.7 Å². The largest absolute Gasteiger partial charge is 0.247 e. The normalized spacial score (nSPS) is 14.4. The average Bonchev–Trinajstić information content (AvgIpc) is 3.64. The van der Waals surface area contributed by atoms with Gasteiger partial charge in [0.1, 0.15) is 0 Å². The van der Waals surface area contributed by atoms with Gasteiger partial charge < -0.3 is 0 Å². The SMILES string of the molecule is Cc1c(-c2ccccc2)cc(-c2ccc3c(c2)Sc2ccccc2C32c3ccccc3-c3ccc(-c4cc(-c5ccccc5)nc(-c5ccccc5)n4)cc32)nc1-c1ccccc1.